The van der Waals surface area contributed by atoms with Crippen molar-refractivity contribution in [2.24, 2.45) is 0 Å². The second-order valence-electron chi connectivity index (χ2n) is 4.86. The van der Waals surface area contributed by atoms with Gasteiger partial charge in [-0.3, -0.25) is 9.59 Å². The third-order valence-corrected chi connectivity index (χ3v) is 6.98. The van der Waals surface area contributed by atoms with E-state index in [1.165, 1.54) is 25.8 Å². The fraction of sp³-hybridized carbons (Fsp3) is 0.467. The average molecular weight is 420 g/mol. The van der Waals surface area contributed by atoms with Crippen molar-refractivity contribution in [1.82, 2.24) is 0 Å². The van der Waals surface area contributed by atoms with Crippen LogP contribution in [0, 0.1) is 0 Å². The van der Waals surface area contributed by atoms with Crippen LogP contribution in [0.4, 0.5) is 0 Å². The Hall–Kier alpha value is -0.760. The van der Waals surface area contributed by atoms with Gasteiger partial charge in [-0.1, -0.05) is 52.9 Å². The maximum absolute atomic E-state index is 12.4. The van der Waals surface area contributed by atoms with E-state index in [9.17, 15) is 9.59 Å². The summed E-state index contributed by atoms with van der Waals surface area (Å²) >= 11 is 3.86. The Morgan fingerprint density at radius 3 is 2.62 bits per heavy atom. The lowest BCUT2D eigenvalue weighted by Gasteiger charge is -2.26. The maximum atomic E-state index is 12.4. The zero-order chi connectivity index (χ0) is 15.5. The molecule has 21 heavy (non-hydrogen) atoms. The first-order valence-electron chi connectivity index (χ1n) is 6.59. The smallest absolute Gasteiger partial charge is 0.326 e. The molecule has 4 nitrogen and oxygen atoms in total. The van der Waals surface area contributed by atoms with Crippen LogP contribution in [0.2, 0.25) is 0 Å². The fourth-order valence-electron chi connectivity index (χ4n) is 2.43. The van der Waals surface area contributed by atoms with E-state index >= 15 is 0 Å². The predicted octanol–water partition coefficient (Wildman–Crippen LogP) is 2.93. The topological polar surface area (TPSA) is 52.6 Å². The number of hydrogen-bond donors (Lipinski definition) is 0. The van der Waals surface area contributed by atoms with E-state index in [0.717, 1.165) is 5.56 Å². The number of carbonyl (C=O) groups excluding carboxylic acids is 2. The number of halogens is 1. The van der Waals surface area contributed by atoms with Crippen LogP contribution in [0.15, 0.2) is 30.3 Å². The van der Waals surface area contributed by atoms with Crippen molar-refractivity contribution >= 4 is 46.3 Å². The molecule has 1 aromatic carbocycles. The third-order valence-electron chi connectivity index (χ3n) is 3.44. The first-order valence-corrected chi connectivity index (χ1v) is 8.71. The molecule has 0 aromatic heterocycles. The molecule has 0 radical (unpaired) electrons. The number of methoxy groups -OCH3 is 1. The van der Waals surface area contributed by atoms with Crippen molar-refractivity contribution < 1.29 is 19.1 Å². The van der Waals surface area contributed by atoms with Gasteiger partial charge in [0.1, 0.15) is 11.4 Å². The SMILES string of the molecule is COC(=O)C1(c2ccccc2)C[C@H](I)[C@H](COC(C)=O)S1. The van der Waals surface area contributed by atoms with Gasteiger partial charge >= 0.3 is 11.9 Å². The molecule has 1 aliphatic rings. The highest BCUT2D eigenvalue weighted by atomic mass is 127. The second-order valence-corrected chi connectivity index (χ2v) is 8.00. The summed E-state index contributed by atoms with van der Waals surface area (Å²) in [6.07, 6.45) is 0.668. The van der Waals surface area contributed by atoms with Crippen molar-refractivity contribution in [2.45, 2.75) is 27.3 Å². The van der Waals surface area contributed by atoms with Gasteiger partial charge in [0, 0.05) is 10.8 Å². The zero-order valence-corrected chi connectivity index (χ0v) is 14.8. The Morgan fingerprint density at radius 2 is 2.05 bits per heavy atom. The molecule has 114 valence electrons. The number of esters is 2. The summed E-state index contributed by atoms with van der Waals surface area (Å²) in [6.45, 7) is 1.71. The van der Waals surface area contributed by atoms with Crippen LogP contribution in [0.1, 0.15) is 18.9 Å². The first kappa shape index (κ1) is 16.6. The predicted molar refractivity (Wildman–Crippen MR) is 90.6 cm³/mol. The average Bonchev–Trinajstić information content (AvgIpc) is 2.83. The molecule has 0 N–H and O–H groups in total. The van der Waals surface area contributed by atoms with E-state index in [1.54, 1.807) is 0 Å². The van der Waals surface area contributed by atoms with E-state index in [-0.39, 0.29) is 21.1 Å². The van der Waals surface area contributed by atoms with Gasteiger partial charge in [0.15, 0.2) is 0 Å². The lowest BCUT2D eigenvalue weighted by atomic mass is 9.93. The van der Waals surface area contributed by atoms with Gasteiger partial charge in [-0.2, -0.15) is 0 Å². The number of thioether (sulfide) groups is 1. The van der Waals surface area contributed by atoms with Crippen LogP contribution in [0.3, 0.4) is 0 Å². The van der Waals surface area contributed by atoms with Gasteiger partial charge < -0.3 is 9.47 Å². The molecule has 6 heteroatoms. The molecular weight excluding hydrogens is 403 g/mol. The van der Waals surface area contributed by atoms with Crippen molar-refractivity contribution in [3.8, 4) is 0 Å². The molecule has 1 heterocycles. The van der Waals surface area contributed by atoms with E-state index in [4.69, 9.17) is 9.47 Å². The van der Waals surface area contributed by atoms with Crippen LogP contribution < -0.4 is 0 Å². The number of carbonyl (C=O) groups is 2. The number of benzene rings is 1. The van der Waals surface area contributed by atoms with Crippen LogP contribution in [-0.4, -0.2) is 34.8 Å². The van der Waals surface area contributed by atoms with E-state index < -0.39 is 4.75 Å². The molecule has 1 aliphatic heterocycles. The number of ether oxygens (including phenoxy) is 2. The summed E-state index contributed by atoms with van der Waals surface area (Å²) < 4.78 is 9.68. The second kappa shape index (κ2) is 7.00. The number of hydrogen-bond acceptors (Lipinski definition) is 5. The molecule has 1 aromatic rings. The maximum Gasteiger partial charge on any atom is 0.326 e. The third kappa shape index (κ3) is 3.53. The molecule has 0 spiro atoms. The molecule has 3 atom stereocenters. The highest BCUT2D eigenvalue weighted by molar-refractivity contribution is 14.1. The largest absolute Gasteiger partial charge is 0.468 e. The fourth-order valence-corrected chi connectivity index (χ4v) is 5.66. The van der Waals surface area contributed by atoms with Crippen LogP contribution in [0.5, 0.6) is 0 Å². The van der Waals surface area contributed by atoms with Gasteiger partial charge in [0.25, 0.3) is 0 Å². The number of rotatable bonds is 4. The minimum absolute atomic E-state index is 0.0776. The Balaban J connectivity index is 2.27. The highest BCUT2D eigenvalue weighted by Crippen LogP contribution is 2.53. The highest BCUT2D eigenvalue weighted by Gasteiger charge is 2.52. The van der Waals surface area contributed by atoms with Crippen LogP contribution >= 0.6 is 34.4 Å². The molecule has 0 saturated carbocycles. The minimum atomic E-state index is -0.716. The van der Waals surface area contributed by atoms with Gasteiger partial charge in [-0.05, 0) is 12.0 Å². The summed E-state index contributed by atoms with van der Waals surface area (Å²) in [5.74, 6) is -0.542. The lowest BCUT2D eigenvalue weighted by molar-refractivity contribution is -0.144. The van der Waals surface area contributed by atoms with Crippen molar-refractivity contribution in [2.75, 3.05) is 13.7 Å². The molecule has 2 rings (SSSR count). The quantitative estimate of drug-likeness (QED) is 0.426. The van der Waals surface area contributed by atoms with E-state index in [0.29, 0.717) is 13.0 Å². The molecular formula is C15H17IO4S. The Labute approximate surface area is 142 Å². The molecule has 0 amide bonds. The molecule has 1 saturated heterocycles. The summed E-state index contributed by atoms with van der Waals surface area (Å²) in [4.78, 5) is 23.4. The monoisotopic (exact) mass is 420 g/mol. The molecule has 0 bridgehead atoms. The summed E-state index contributed by atoms with van der Waals surface area (Å²) in [6, 6.07) is 9.65. The van der Waals surface area contributed by atoms with Crippen LogP contribution in [-0.2, 0) is 23.8 Å². The van der Waals surface area contributed by atoms with Gasteiger partial charge in [0.05, 0.1) is 12.4 Å². The van der Waals surface area contributed by atoms with Crippen molar-refractivity contribution in [1.29, 1.82) is 0 Å². The summed E-state index contributed by atoms with van der Waals surface area (Å²) in [5, 5.41) is 0.0776. The summed E-state index contributed by atoms with van der Waals surface area (Å²) in [5.41, 5.74) is 0.939. The Morgan fingerprint density at radius 1 is 1.38 bits per heavy atom. The zero-order valence-electron chi connectivity index (χ0n) is 11.9. The van der Waals surface area contributed by atoms with E-state index in [2.05, 4.69) is 22.6 Å². The van der Waals surface area contributed by atoms with Crippen LogP contribution in [0.25, 0.3) is 0 Å². The van der Waals surface area contributed by atoms with Gasteiger partial charge in [-0.15, -0.1) is 11.8 Å². The molecule has 1 fully saturated rings. The van der Waals surface area contributed by atoms with Gasteiger partial charge in [0.2, 0.25) is 0 Å². The van der Waals surface area contributed by atoms with Gasteiger partial charge in [-0.25, -0.2) is 0 Å². The first-order chi connectivity index (χ1) is 9.99. The number of alkyl halides is 1. The Kier molecular flexibility index (Phi) is 5.54. The Bertz CT molecular complexity index is 522. The lowest BCUT2D eigenvalue weighted by Crippen LogP contribution is -2.31. The van der Waals surface area contributed by atoms with Crippen molar-refractivity contribution in [3.63, 3.8) is 0 Å². The van der Waals surface area contributed by atoms with E-state index in [1.807, 2.05) is 30.3 Å². The van der Waals surface area contributed by atoms with Crippen molar-refractivity contribution in [3.05, 3.63) is 35.9 Å². The standard InChI is InChI=1S/C15H17IO4S/c1-10(17)20-9-13-12(16)8-15(21-13,14(18)19-2)11-6-4-3-5-7-11/h3-7,12-13H,8-9H2,1-2H3/t12-,13-,15?/m0/s1. The normalized spacial score (nSPS) is 28.1. The summed E-state index contributed by atoms with van der Waals surface area (Å²) in [7, 11) is 1.41. The molecule has 0 aliphatic carbocycles. The molecule has 1 unspecified atom stereocenters. The minimum Gasteiger partial charge on any atom is -0.468 e.